The fourth-order valence-corrected chi connectivity index (χ4v) is 1.96. The molecule has 6 heteroatoms. The van der Waals surface area contributed by atoms with Crippen LogP contribution in [0.5, 0.6) is 0 Å². The fraction of sp³-hybridized carbons (Fsp3) is 0.455. The first-order chi connectivity index (χ1) is 7.94. The van der Waals surface area contributed by atoms with E-state index >= 15 is 0 Å². The van der Waals surface area contributed by atoms with Gasteiger partial charge in [0.25, 0.3) is 5.91 Å². The molecule has 1 aliphatic heterocycles. The van der Waals surface area contributed by atoms with Gasteiger partial charge in [-0.25, -0.2) is 9.18 Å². The highest BCUT2D eigenvalue weighted by Crippen LogP contribution is 2.27. The van der Waals surface area contributed by atoms with E-state index in [9.17, 15) is 14.0 Å². The number of alkyl halides is 1. The number of nitrogens with one attached hydrogen (secondary N) is 1. The average Bonchev–Trinajstić information content (AvgIpc) is 2.85. The molecule has 0 saturated carbocycles. The van der Waals surface area contributed by atoms with Crippen molar-refractivity contribution in [3.05, 3.63) is 23.5 Å². The summed E-state index contributed by atoms with van der Waals surface area (Å²) in [4.78, 5) is 26.7. The molecule has 1 aromatic rings. The Hall–Kier alpha value is -1.85. The first-order valence-electron chi connectivity index (χ1n) is 5.29. The normalized spacial score (nSPS) is 24.0. The maximum atomic E-state index is 13.8. The Labute approximate surface area is 97.2 Å². The Morgan fingerprint density at radius 1 is 1.53 bits per heavy atom. The highest BCUT2D eigenvalue weighted by atomic mass is 19.1. The average molecular weight is 240 g/mol. The van der Waals surface area contributed by atoms with Crippen LogP contribution in [0.1, 0.15) is 22.3 Å². The predicted octanol–water partition coefficient (Wildman–Crippen LogP) is 0.962. The van der Waals surface area contributed by atoms with Gasteiger partial charge >= 0.3 is 5.97 Å². The minimum Gasteiger partial charge on any atom is -0.479 e. The number of hydrogen-bond acceptors (Lipinski definition) is 2. The molecule has 1 aromatic heterocycles. The molecule has 0 aliphatic carbocycles. The van der Waals surface area contributed by atoms with Crippen LogP contribution in [0.25, 0.3) is 0 Å². The smallest absolute Gasteiger partial charge is 0.343 e. The number of carboxylic acid groups (broad SMARTS) is 1. The molecule has 2 heterocycles. The molecule has 0 unspecified atom stereocenters. The Balaban J connectivity index is 2.15. The summed E-state index contributed by atoms with van der Waals surface area (Å²) >= 11 is 0. The number of aliphatic carboxylic acids is 1. The number of likely N-dealkylation sites (tertiary alicyclic amines) is 1. The van der Waals surface area contributed by atoms with Crippen LogP contribution in [0.15, 0.2) is 12.4 Å². The van der Waals surface area contributed by atoms with Crippen LogP contribution < -0.4 is 0 Å². The van der Waals surface area contributed by atoms with E-state index in [0.29, 0.717) is 5.56 Å². The van der Waals surface area contributed by atoms with E-state index in [2.05, 4.69) is 4.98 Å². The Morgan fingerprint density at radius 3 is 2.71 bits per heavy atom. The molecule has 92 valence electrons. The summed E-state index contributed by atoms with van der Waals surface area (Å²) in [6, 6.07) is 0. The van der Waals surface area contributed by atoms with Gasteiger partial charge in [-0.3, -0.25) is 4.79 Å². The third-order valence-corrected chi connectivity index (χ3v) is 3.07. The van der Waals surface area contributed by atoms with Crippen molar-refractivity contribution in [1.29, 1.82) is 0 Å². The van der Waals surface area contributed by atoms with E-state index in [4.69, 9.17) is 5.11 Å². The number of aryl methyl sites for hydroxylation is 1. The molecule has 1 aliphatic rings. The summed E-state index contributed by atoms with van der Waals surface area (Å²) in [5.41, 5.74) is -1.08. The van der Waals surface area contributed by atoms with Crippen molar-refractivity contribution in [2.24, 2.45) is 0 Å². The molecule has 2 rings (SSSR count). The second-order valence-corrected chi connectivity index (χ2v) is 4.30. The van der Waals surface area contributed by atoms with E-state index < -0.39 is 11.6 Å². The van der Waals surface area contributed by atoms with Crippen LogP contribution in [0.3, 0.4) is 0 Å². The zero-order chi connectivity index (χ0) is 12.6. The summed E-state index contributed by atoms with van der Waals surface area (Å²) in [6.07, 6.45) is 3.05. The van der Waals surface area contributed by atoms with Gasteiger partial charge in [-0.2, -0.15) is 0 Å². The van der Waals surface area contributed by atoms with Gasteiger partial charge in [0.05, 0.1) is 12.1 Å². The van der Waals surface area contributed by atoms with Gasteiger partial charge in [-0.05, 0) is 12.5 Å². The molecule has 0 bridgehead atoms. The number of aromatic nitrogens is 1. The number of amides is 1. The van der Waals surface area contributed by atoms with Crippen LogP contribution in [-0.2, 0) is 4.79 Å². The van der Waals surface area contributed by atoms with Crippen LogP contribution in [0.4, 0.5) is 4.39 Å². The zero-order valence-electron chi connectivity index (χ0n) is 9.36. The van der Waals surface area contributed by atoms with Crippen molar-refractivity contribution < 1.29 is 19.1 Å². The van der Waals surface area contributed by atoms with Gasteiger partial charge in [-0.1, -0.05) is 0 Å². The van der Waals surface area contributed by atoms with Crippen molar-refractivity contribution in [2.75, 3.05) is 13.1 Å². The minimum atomic E-state index is -2.31. The highest BCUT2D eigenvalue weighted by Gasteiger charge is 2.47. The van der Waals surface area contributed by atoms with Crippen molar-refractivity contribution in [3.63, 3.8) is 0 Å². The summed E-state index contributed by atoms with van der Waals surface area (Å²) < 4.78 is 13.8. The van der Waals surface area contributed by atoms with Gasteiger partial charge in [0.15, 0.2) is 0 Å². The standard InChI is InChI=1S/C11H13FN2O3/c1-7-4-13-5-8(7)9(15)14-3-2-11(12,6-14)10(16)17/h4-5,13H,2-3,6H2,1H3,(H,16,17)/t11-/m0/s1. The number of nitrogens with zero attached hydrogens (tertiary/aromatic N) is 1. The Morgan fingerprint density at radius 2 is 2.24 bits per heavy atom. The van der Waals surface area contributed by atoms with Gasteiger partial charge in [0.2, 0.25) is 5.67 Å². The minimum absolute atomic E-state index is 0.131. The molecule has 5 nitrogen and oxygen atoms in total. The van der Waals surface area contributed by atoms with Crippen molar-refractivity contribution in [2.45, 2.75) is 19.0 Å². The molecule has 0 radical (unpaired) electrons. The largest absolute Gasteiger partial charge is 0.479 e. The number of rotatable bonds is 2. The molecular weight excluding hydrogens is 227 g/mol. The van der Waals surface area contributed by atoms with E-state index in [1.54, 1.807) is 13.1 Å². The van der Waals surface area contributed by atoms with Gasteiger partial charge in [0.1, 0.15) is 0 Å². The molecule has 17 heavy (non-hydrogen) atoms. The lowest BCUT2D eigenvalue weighted by Gasteiger charge is -2.17. The number of carbonyl (C=O) groups excluding carboxylic acids is 1. The van der Waals surface area contributed by atoms with Crippen LogP contribution in [0, 0.1) is 6.92 Å². The van der Waals surface area contributed by atoms with E-state index in [1.807, 2.05) is 0 Å². The third kappa shape index (κ3) is 1.90. The van der Waals surface area contributed by atoms with Crippen LogP contribution in [-0.4, -0.2) is 45.6 Å². The molecule has 1 saturated heterocycles. The maximum absolute atomic E-state index is 13.8. The lowest BCUT2D eigenvalue weighted by molar-refractivity contribution is -0.149. The first kappa shape index (κ1) is 11.6. The van der Waals surface area contributed by atoms with E-state index in [0.717, 1.165) is 5.56 Å². The number of aromatic amines is 1. The van der Waals surface area contributed by atoms with Gasteiger partial charge in [-0.15, -0.1) is 0 Å². The molecule has 1 fully saturated rings. The van der Waals surface area contributed by atoms with Crippen molar-refractivity contribution in [1.82, 2.24) is 9.88 Å². The monoisotopic (exact) mass is 240 g/mol. The zero-order valence-corrected chi connectivity index (χ0v) is 9.36. The molecule has 1 atom stereocenters. The van der Waals surface area contributed by atoms with E-state index in [1.165, 1.54) is 11.1 Å². The lowest BCUT2D eigenvalue weighted by Crippen LogP contribution is -2.38. The Bertz CT molecular complexity index is 471. The topological polar surface area (TPSA) is 73.4 Å². The number of carbonyl (C=O) groups is 2. The van der Waals surface area contributed by atoms with Crippen LogP contribution in [0.2, 0.25) is 0 Å². The number of hydrogen-bond donors (Lipinski definition) is 2. The lowest BCUT2D eigenvalue weighted by atomic mass is 10.1. The SMILES string of the molecule is Cc1c[nH]cc1C(=O)N1CC[C@@](F)(C(=O)O)C1. The second-order valence-electron chi connectivity index (χ2n) is 4.30. The summed E-state index contributed by atoms with van der Waals surface area (Å²) in [5, 5.41) is 8.74. The number of H-pyrrole nitrogens is 1. The summed E-state index contributed by atoms with van der Waals surface area (Å²) in [6.45, 7) is 1.51. The van der Waals surface area contributed by atoms with Crippen molar-refractivity contribution >= 4 is 11.9 Å². The Kier molecular flexibility index (Phi) is 2.65. The predicted molar refractivity (Wildman–Crippen MR) is 57.5 cm³/mol. The number of carboxylic acids is 1. The maximum Gasteiger partial charge on any atom is 0.343 e. The van der Waals surface area contributed by atoms with Gasteiger partial charge < -0.3 is 15.0 Å². The highest BCUT2D eigenvalue weighted by molar-refractivity contribution is 5.96. The summed E-state index contributed by atoms with van der Waals surface area (Å²) in [7, 11) is 0. The molecule has 2 N–H and O–H groups in total. The first-order valence-corrected chi connectivity index (χ1v) is 5.29. The van der Waals surface area contributed by atoms with Gasteiger partial charge in [0, 0.05) is 25.4 Å². The van der Waals surface area contributed by atoms with Crippen molar-refractivity contribution in [3.8, 4) is 0 Å². The fourth-order valence-electron chi connectivity index (χ4n) is 1.96. The molecule has 0 aromatic carbocycles. The quantitative estimate of drug-likeness (QED) is 0.808. The van der Waals surface area contributed by atoms with Crippen LogP contribution >= 0.6 is 0 Å². The van der Waals surface area contributed by atoms with E-state index in [-0.39, 0.29) is 25.4 Å². The molecule has 1 amide bonds. The molecule has 0 spiro atoms. The third-order valence-electron chi connectivity index (χ3n) is 3.07. The number of halogens is 1. The second kappa shape index (κ2) is 3.87. The summed E-state index contributed by atoms with van der Waals surface area (Å²) in [5.74, 6) is -1.83. The molecular formula is C11H13FN2O3.